The van der Waals surface area contributed by atoms with Crippen LogP contribution < -0.4 is 4.74 Å². The fourth-order valence-corrected chi connectivity index (χ4v) is 4.69. The van der Waals surface area contributed by atoms with Crippen LogP contribution in [0.4, 0.5) is 0 Å². The number of nitriles is 1. The molecule has 0 bridgehead atoms. The summed E-state index contributed by atoms with van der Waals surface area (Å²) in [7, 11) is 0. The Morgan fingerprint density at radius 3 is 2.21 bits per heavy atom. The van der Waals surface area contributed by atoms with Crippen molar-refractivity contribution in [1.82, 2.24) is 0 Å². The minimum Gasteiger partial charge on any atom is -0.486 e. The molecule has 5 aromatic carbocycles. The summed E-state index contributed by atoms with van der Waals surface area (Å²) in [6.45, 7) is 0.344. The molecular formula is C30H19Cl2NO. The van der Waals surface area contributed by atoms with Crippen molar-refractivity contribution >= 4 is 56.4 Å². The van der Waals surface area contributed by atoms with Gasteiger partial charge in [-0.1, -0.05) is 102 Å². The van der Waals surface area contributed by atoms with E-state index in [0.29, 0.717) is 28.0 Å². The molecule has 0 aromatic heterocycles. The van der Waals surface area contributed by atoms with Gasteiger partial charge in [0.15, 0.2) is 5.75 Å². The first-order chi connectivity index (χ1) is 16.6. The molecule has 0 unspecified atom stereocenters. The van der Waals surface area contributed by atoms with E-state index >= 15 is 0 Å². The van der Waals surface area contributed by atoms with Crippen LogP contribution in [0.5, 0.6) is 5.75 Å². The fourth-order valence-electron chi connectivity index (χ4n) is 4.07. The topological polar surface area (TPSA) is 33.0 Å². The Labute approximate surface area is 208 Å². The highest BCUT2D eigenvalue weighted by molar-refractivity contribution is 6.37. The van der Waals surface area contributed by atoms with Crippen LogP contribution in [-0.4, -0.2) is 0 Å². The van der Waals surface area contributed by atoms with Crippen LogP contribution in [-0.2, 0) is 6.61 Å². The van der Waals surface area contributed by atoms with Gasteiger partial charge in [0.2, 0.25) is 0 Å². The zero-order valence-electron chi connectivity index (χ0n) is 18.1. The molecule has 0 spiro atoms. The third kappa shape index (κ3) is 4.50. The van der Waals surface area contributed by atoms with E-state index < -0.39 is 0 Å². The van der Waals surface area contributed by atoms with Gasteiger partial charge >= 0.3 is 0 Å². The fraction of sp³-hybridized carbons (Fsp3) is 0.0333. The van der Waals surface area contributed by atoms with Gasteiger partial charge in [0.1, 0.15) is 6.61 Å². The van der Waals surface area contributed by atoms with E-state index in [-0.39, 0.29) is 0 Å². The molecule has 0 N–H and O–H groups in total. The van der Waals surface area contributed by atoms with Crippen molar-refractivity contribution in [3.05, 3.63) is 124 Å². The van der Waals surface area contributed by atoms with Crippen molar-refractivity contribution in [2.75, 3.05) is 0 Å². The minimum absolute atomic E-state index is 0.344. The Morgan fingerprint density at radius 2 is 1.44 bits per heavy atom. The van der Waals surface area contributed by atoms with E-state index in [1.807, 2.05) is 66.7 Å². The summed E-state index contributed by atoms with van der Waals surface area (Å²) in [6, 6.07) is 34.1. The molecule has 4 heteroatoms. The predicted molar refractivity (Wildman–Crippen MR) is 142 cm³/mol. The number of allylic oxidation sites excluding steroid dienone is 1. The molecule has 0 aliphatic heterocycles. The van der Waals surface area contributed by atoms with Gasteiger partial charge in [0.25, 0.3) is 0 Å². The Bertz CT molecular complexity index is 1570. The normalized spacial score (nSPS) is 11.5. The molecule has 0 amide bonds. The molecule has 164 valence electrons. The largest absolute Gasteiger partial charge is 0.486 e. The van der Waals surface area contributed by atoms with Crippen molar-refractivity contribution in [2.45, 2.75) is 6.61 Å². The van der Waals surface area contributed by atoms with Gasteiger partial charge < -0.3 is 4.74 Å². The second kappa shape index (κ2) is 9.61. The second-order valence-corrected chi connectivity index (χ2v) is 8.79. The highest BCUT2D eigenvalue weighted by atomic mass is 35.5. The molecular weight excluding hydrogens is 461 g/mol. The van der Waals surface area contributed by atoms with Gasteiger partial charge in [-0.25, -0.2) is 0 Å². The maximum atomic E-state index is 9.79. The number of benzene rings is 5. The van der Waals surface area contributed by atoms with E-state index in [4.69, 9.17) is 27.9 Å². The average molecular weight is 480 g/mol. The second-order valence-electron chi connectivity index (χ2n) is 7.97. The Hall–Kier alpha value is -3.77. The third-order valence-electron chi connectivity index (χ3n) is 5.76. The number of halogens is 2. The molecule has 5 aromatic rings. The van der Waals surface area contributed by atoms with E-state index in [1.165, 1.54) is 0 Å². The summed E-state index contributed by atoms with van der Waals surface area (Å²) >= 11 is 13.1. The van der Waals surface area contributed by atoms with Gasteiger partial charge in [0.05, 0.1) is 21.7 Å². The lowest BCUT2D eigenvalue weighted by atomic mass is 10.00. The molecule has 2 nitrogen and oxygen atoms in total. The number of nitrogens with zero attached hydrogens (tertiary/aromatic N) is 1. The number of hydrogen-bond acceptors (Lipinski definition) is 2. The summed E-state index contributed by atoms with van der Waals surface area (Å²) < 4.78 is 6.03. The number of ether oxygens (including phenoxy) is 1. The number of fused-ring (bicyclic) bond motifs is 2. The summed E-state index contributed by atoms with van der Waals surface area (Å²) in [5, 5.41) is 15.1. The van der Waals surface area contributed by atoms with Crippen molar-refractivity contribution in [3.63, 3.8) is 0 Å². The summed E-state index contributed by atoms with van der Waals surface area (Å²) in [5.41, 5.74) is 3.15. The molecule has 0 aliphatic rings. The standard InChI is InChI=1S/C30H19Cl2NO/c31-28-15-20(14-26(18-33)24-13-12-21-6-1-2-8-23(21)17-24)16-29(32)30(28)34-19-25-10-5-9-22-7-3-4-11-27(22)25/h1-17H,19H2/b26-14-. The van der Waals surface area contributed by atoms with Gasteiger partial charge in [-0.05, 0) is 62.5 Å². The van der Waals surface area contributed by atoms with Crippen LogP contribution in [0.1, 0.15) is 16.7 Å². The molecule has 0 saturated heterocycles. The van der Waals surface area contributed by atoms with E-state index in [9.17, 15) is 5.26 Å². The lowest BCUT2D eigenvalue weighted by Gasteiger charge is -2.13. The van der Waals surface area contributed by atoms with Crippen molar-refractivity contribution in [3.8, 4) is 11.8 Å². The molecule has 0 fully saturated rings. The zero-order valence-corrected chi connectivity index (χ0v) is 19.6. The van der Waals surface area contributed by atoms with Crippen molar-refractivity contribution in [1.29, 1.82) is 5.26 Å². The number of rotatable bonds is 5. The van der Waals surface area contributed by atoms with Gasteiger partial charge in [-0.3, -0.25) is 0 Å². The molecule has 0 atom stereocenters. The van der Waals surface area contributed by atoms with Gasteiger partial charge in [0, 0.05) is 0 Å². The van der Waals surface area contributed by atoms with Crippen LogP contribution in [0.25, 0.3) is 33.2 Å². The summed E-state index contributed by atoms with van der Waals surface area (Å²) in [4.78, 5) is 0. The summed E-state index contributed by atoms with van der Waals surface area (Å²) in [6.07, 6.45) is 1.79. The van der Waals surface area contributed by atoms with Crippen LogP contribution in [0, 0.1) is 11.3 Å². The van der Waals surface area contributed by atoms with Crippen LogP contribution in [0.3, 0.4) is 0 Å². The highest BCUT2D eigenvalue weighted by Crippen LogP contribution is 2.36. The van der Waals surface area contributed by atoms with Crippen LogP contribution in [0.2, 0.25) is 10.0 Å². The lowest BCUT2D eigenvalue weighted by molar-refractivity contribution is 0.308. The van der Waals surface area contributed by atoms with E-state index in [1.54, 1.807) is 18.2 Å². The number of hydrogen-bond donors (Lipinski definition) is 0. The predicted octanol–water partition coefficient (Wildman–Crippen LogP) is 8.94. The maximum Gasteiger partial charge on any atom is 0.157 e. The zero-order chi connectivity index (χ0) is 23.5. The molecule has 5 rings (SSSR count). The lowest BCUT2D eigenvalue weighted by Crippen LogP contribution is -1.98. The summed E-state index contributed by atoms with van der Waals surface area (Å²) in [5.74, 6) is 0.428. The van der Waals surface area contributed by atoms with Gasteiger partial charge in [-0.15, -0.1) is 0 Å². The van der Waals surface area contributed by atoms with Crippen LogP contribution in [0.15, 0.2) is 97.1 Å². The Kier molecular flexibility index (Phi) is 6.23. The minimum atomic E-state index is 0.344. The molecule has 0 saturated carbocycles. The molecule has 0 heterocycles. The average Bonchev–Trinajstić information content (AvgIpc) is 2.86. The quantitative estimate of drug-likeness (QED) is 0.186. The Balaban J connectivity index is 1.42. The molecule has 0 radical (unpaired) electrons. The first kappa shape index (κ1) is 22.0. The molecule has 34 heavy (non-hydrogen) atoms. The SMILES string of the molecule is N#C/C(=C/c1cc(Cl)c(OCc2cccc3ccccc23)c(Cl)c1)c1ccc2ccccc2c1. The first-order valence-electron chi connectivity index (χ1n) is 10.8. The van der Waals surface area contributed by atoms with Gasteiger partial charge in [-0.2, -0.15) is 5.26 Å². The molecule has 0 aliphatic carbocycles. The third-order valence-corrected chi connectivity index (χ3v) is 6.33. The van der Waals surface area contributed by atoms with Crippen molar-refractivity contribution in [2.24, 2.45) is 0 Å². The highest BCUT2D eigenvalue weighted by Gasteiger charge is 2.12. The smallest absolute Gasteiger partial charge is 0.157 e. The van der Waals surface area contributed by atoms with Crippen molar-refractivity contribution < 1.29 is 4.74 Å². The first-order valence-corrected chi connectivity index (χ1v) is 11.6. The van der Waals surface area contributed by atoms with E-state index in [2.05, 4.69) is 24.3 Å². The van der Waals surface area contributed by atoms with E-state index in [0.717, 1.165) is 38.2 Å². The maximum absolute atomic E-state index is 9.79. The van der Waals surface area contributed by atoms with Crippen LogP contribution >= 0.6 is 23.2 Å². The monoisotopic (exact) mass is 479 g/mol. The Morgan fingerprint density at radius 1 is 0.765 bits per heavy atom.